The van der Waals surface area contributed by atoms with Gasteiger partial charge in [-0.25, -0.2) is 0 Å². The molecule has 2 atom stereocenters. The van der Waals surface area contributed by atoms with Crippen LogP contribution < -0.4 is 0 Å². The Kier molecular flexibility index (Phi) is 2.40. The summed E-state index contributed by atoms with van der Waals surface area (Å²) in [7, 11) is 0. The van der Waals surface area contributed by atoms with Gasteiger partial charge in [0.05, 0.1) is 5.92 Å². The number of hydrogen-bond acceptors (Lipinski definition) is 5. The number of carboxylic acid groups (broad SMARTS) is 1. The Labute approximate surface area is 101 Å². The van der Waals surface area contributed by atoms with E-state index in [2.05, 4.69) is 15.3 Å². The summed E-state index contributed by atoms with van der Waals surface area (Å²) in [6.07, 6.45) is 6.77. The average molecular weight is 250 g/mol. The van der Waals surface area contributed by atoms with Crippen molar-refractivity contribution < 1.29 is 9.90 Å². The van der Waals surface area contributed by atoms with Gasteiger partial charge >= 0.3 is 5.97 Å². The van der Waals surface area contributed by atoms with Crippen molar-refractivity contribution in [2.75, 3.05) is 0 Å². The molecule has 2 aromatic heterocycles. The summed E-state index contributed by atoms with van der Waals surface area (Å²) < 4.78 is 1.59. The third kappa shape index (κ3) is 1.72. The molecule has 0 saturated heterocycles. The Morgan fingerprint density at radius 1 is 1.47 bits per heavy atom. The molecule has 0 bridgehead atoms. The van der Waals surface area contributed by atoms with E-state index in [9.17, 15) is 9.90 Å². The second-order valence-electron chi connectivity index (χ2n) is 3.99. The number of carbonyl (C=O) groups is 1. The van der Waals surface area contributed by atoms with Crippen molar-refractivity contribution in [1.82, 2.24) is 19.8 Å². The molecule has 0 spiro atoms. The zero-order valence-electron chi connectivity index (χ0n) is 8.85. The molecule has 2 aromatic rings. The fourth-order valence-corrected chi connectivity index (χ4v) is 3.08. The molecule has 0 fully saturated rings. The zero-order chi connectivity index (χ0) is 11.8. The smallest absolute Gasteiger partial charge is 0.307 e. The highest BCUT2D eigenvalue weighted by Crippen LogP contribution is 2.36. The van der Waals surface area contributed by atoms with E-state index in [4.69, 9.17) is 0 Å². The maximum atomic E-state index is 11.2. The quantitative estimate of drug-likeness (QED) is 0.813. The van der Waals surface area contributed by atoms with Crippen molar-refractivity contribution >= 4 is 22.3 Å². The molecule has 2 heterocycles. The number of allylic oxidation sites excluding steroid dienone is 2. The molecular formula is C10H10N4O2S. The van der Waals surface area contributed by atoms with Crippen molar-refractivity contribution in [3.05, 3.63) is 23.5 Å². The molecule has 0 radical (unpaired) electrons. The monoisotopic (exact) mass is 250 g/mol. The van der Waals surface area contributed by atoms with Gasteiger partial charge in [-0.1, -0.05) is 23.5 Å². The maximum absolute atomic E-state index is 11.2. The molecule has 0 aromatic carbocycles. The van der Waals surface area contributed by atoms with Crippen LogP contribution in [0.1, 0.15) is 23.8 Å². The van der Waals surface area contributed by atoms with Crippen LogP contribution in [0, 0.1) is 5.92 Å². The lowest BCUT2D eigenvalue weighted by atomic mass is 9.83. The summed E-state index contributed by atoms with van der Waals surface area (Å²) in [6, 6.07) is 0. The number of hydrogen-bond donors (Lipinski definition) is 1. The summed E-state index contributed by atoms with van der Waals surface area (Å²) in [5.41, 5.74) is 0. The molecule has 1 aliphatic rings. The number of fused-ring (bicyclic) bond motifs is 1. The van der Waals surface area contributed by atoms with E-state index in [0.29, 0.717) is 11.4 Å². The van der Waals surface area contributed by atoms with Gasteiger partial charge in [0.1, 0.15) is 11.3 Å². The summed E-state index contributed by atoms with van der Waals surface area (Å²) in [4.78, 5) is 11.9. The minimum atomic E-state index is -0.759. The van der Waals surface area contributed by atoms with E-state index in [0.717, 1.165) is 11.4 Å². The van der Waals surface area contributed by atoms with Crippen LogP contribution in [0.2, 0.25) is 0 Å². The van der Waals surface area contributed by atoms with Crippen LogP contribution >= 0.6 is 11.3 Å². The van der Waals surface area contributed by atoms with Crippen molar-refractivity contribution in [3.63, 3.8) is 0 Å². The zero-order valence-corrected chi connectivity index (χ0v) is 9.67. The van der Waals surface area contributed by atoms with E-state index in [1.165, 1.54) is 17.7 Å². The Balaban J connectivity index is 1.99. The van der Waals surface area contributed by atoms with Crippen LogP contribution in [0.5, 0.6) is 0 Å². The van der Waals surface area contributed by atoms with Gasteiger partial charge in [0, 0.05) is 5.92 Å². The summed E-state index contributed by atoms with van der Waals surface area (Å²) in [5.74, 6) is -1.20. The molecule has 3 rings (SSSR count). The number of nitrogens with zero attached hydrogens (tertiary/aromatic N) is 4. The predicted octanol–water partition coefficient (Wildman–Crippen LogP) is 1.32. The SMILES string of the molecule is O=C(O)[C@H]1CC=CC[C@H]1c1nn2cnnc2s1. The van der Waals surface area contributed by atoms with Gasteiger partial charge in [-0.05, 0) is 12.8 Å². The minimum absolute atomic E-state index is 0.0517. The number of rotatable bonds is 2. The molecule has 1 N–H and O–H groups in total. The van der Waals surface area contributed by atoms with Crippen molar-refractivity contribution in [1.29, 1.82) is 0 Å². The molecule has 0 amide bonds. The molecule has 7 heteroatoms. The summed E-state index contributed by atoms with van der Waals surface area (Å²) in [5, 5.41) is 22.0. The van der Waals surface area contributed by atoms with E-state index in [-0.39, 0.29) is 11.8 Å². The van der Waals surface area contributed by atoms with E-state index < -0.39 is 5.97 Å². The molecule has 6 nitrogen and oxygen atoms in total. The standard InChI is InChI=1S/C10H10N4O2S/c15-9(16)7-4-2-1-3-6(7)8-13-14-5-11-12-10(14)17-8/h1-2,5-7H,3-4H2,(H,15,16)/t6-,7+/m1/s1. The molecule has 17 heavy (non-hydrogen) atoms. The first-order chi connectivity index (χ1) is 8.25. The lowest BCUT2D eigenvalue weighted by Gasteiger charge is -2.22. The topological polar surface area (TPSA) is 80.4 Å². The number of carboxylic acids is 1. The van der Waals surface area contributed by atoms with Gasteiger partial charge in [-0.15, -0.1) is 10.2 Å². The van der Waals surface area contributed by atoms with E-state index in [1.807, 2.05) is 12.2 Å². The first-order valence-electron chi connectivity index (χ1n) is 5.30. The Morgan fingerprint density at radius 3 is 3.06 bits per heavy atom. The van der Waals surface area contributed by atoms with Crippen LogP contribution in [0.15, 0.2) is 18.5 Å². The fraction of sp³-hybridized carbons (Fsp3) is 0.400. The van der Waals surface area contributed by atoms with Crippen LogP contribution in [0.4, 0.5) is 0 Å². The molecule has 0 unspecified atom stereocenters. The molecule has 0 aliphatic heterocycles. The van der Waals surface area contributed by atoms with Crippen LogP contribution in [-0.2, 0) is 4.79 Å². The Morgan fingerprint density at radius 2 is 2.29 bits per heavy atom. The summed E-state index contributed by atoms with van der Waals surface area (Å²) in [6.45, 7) is 0. The van der Waals surface area contributed by atoms with Gasteiger partial charge < -0.3 is 5.11 Å². The molecule has 1 aliphatic carbocycles. The van der Waals surface area contributed by atoms with Crippen LogP contribution in [0.25, 0.3) is 4.96 Å². The first-order valence-corrected chi connectivity index (χ1v) is 6.12. The molecular weight excluding hydrogens is 240 g/mol. The third-order valence-electron chi connectivity index (χ3n) is 2.97. The first kappa shape index (κ1) is 10.4. The molecule has 0 saturated carbocycles. The highest BCUT2D eigenvalue weighted by Gasteiger charge is 2.32. The number of aromatic nitrogens is 4. The Bertz CT molecular complexity index is 559. The van der Waals surface area contributed by atoms with E-state index >= 15 is 0 Å². The average Bonchev–Trinajstić information content (AvgIpc) is 2.88. The highest BCUT2D eigenvalue weighted by molar-refractivity contribution is 7.16. The lowest BCUT2D eigenvalue weighted by molar-refractivity contribution is -0.142. The lowest BCUT2D eigenvalue weighted by Crippen LogP contribution is -2.23. The predicted molar refractivity (Wildman–Crippen MR) is 60.9 cm³/mol. The fourth-order valence-electron chi connectivity index (χ4n) is 2.09. The second-order valence-corrected chi connectivity index (χ2v) is 4.98. The number of aliphatic carboxylic acids is 1. The largest absolute Gasteiger partial charge is 0.481 e. The van der Waals surface area contributed by atoms with Crippen LogP contribution in [0.3, 0.4) is 0 Å². The highest BCUT2D eigenvalue weighted by atomic mass is 32.1. The minimum Gasteiger partial charge on any atom is -0.481 e. The van der Waals surface area contributed by atoms with Crippen molar-refractivity contribution in [3.8, 4) is 0 Å². The van der Waals surface area contributed by atoms with Crippen molar-refractivity contribution in [2.45, 2.75) is 18.8 Å². The van der Waals surface area contributed by atoms with Gasteiger partial charge in [-0.3, -0.25) is 4.79 Å². The maximum Gasteiger partial charge on any atom is 0.307 e. The second kappa shape index (κ2) is 3.92. The van der Waals surface area contributed by atoms with E-state index in [1.54, 1.807) is 4.52 Å². The molecule has 88 valence electrons. The van der Waals surface area contributed by atoms with Gasteiger partial charge in [0.15, 0.2) is 0 Å². The third-order valence-corrected chi connectivity index (χ3v) is 4.01. The normalized spacial score (nSPS) is 24.2. The van der Waals surface area contributed by atoms with Gasteiger partial charge in [0.25, 0.3) is 0 Å². The van der Waals surface area contributed by atoms with Gasteiger partial charge in [-0.2, -0.15) is 9.61 Å². The Hall–Kier alpha value is -1.76. The summed E-state index contributed by atoms with van der Waals surface area (Å²) >= 11 is 1.41. The van der Waals surface area contributed by atoms with Crippen molar-refractivity contribution in [2.24, 2.45) is 5.92 Å². The van der Waals surface area contributed by atoms with Gasteiger partial charge in [0.2, 0.25) is 4.96 Å². The van der Waals surface area contributed by atoms with Crippen LogP contribution in [-0.4, -0.2) is 30.9 Å².